The second-order valence-corrected chi connectivity index (χ2v) is 5.74. The van der Waals surface area contributed by atoms with E-state index in [1.54, 1.807) is 4.68 Å². The van der Waals surface area contributed by atoms with Gasteiger partial charge in [-0.05, 0) is 25.7 Å². The lowest BCUT2D eigenvalue weighted by atomic mass is 9.81. The Morgan fingerprint density at radius 1 is 1.43 bits per heavy atom. The summed E-state index contributed by atoms with van der Waals surface area (Å²) in [4.78, 5) is 23.3. The predicted molar refractivity (Wildman–Crippen MR) is 77.5 cm³/mol. The van der Waals surface area contributed by atoms with E-state index < -0.39 is 5.97 Å². The van der Waals surface area contributed by atoms with Crippen LogP contribution in [0.4, 0.5) is 0 Å². The number of hydrogen-bond donors (Lipinski definition) is 2. The zero-order valence-electron chi connectivity index (χ0n) is 12.6. The number of hydrogen-bond acceptors (Lipinski definition) is 3. The van der Waals surface area contributed by atoms with Gasteiger partial charge >= 0.3 is 5.97 Å². The zero-order valence-corrected chi connectivity index (χ0v) is 12.6. The van der Waals surface area contributed by atoms with E-state index in [0.29, 0.717) is 19.4 Å². The molecular formula is C15H23N3O3. The fraction of sp³-hybridized carbons (Fsp3) is 0.667. The first-order chi connectivity index (χ1) is 10.0. The summed E-state index contributed by atoms with van der Waals surface area (Å²) in [5, 5.41) is 16.3. The van der Waals surface area contributed by atoms with Crippen molar-refractivity contribution in [3.63, 3.8) is 0 Å². The number of nitrogens with zero attached hydrogens (tertiary/aromatic N) is 2. The Balaban J connectivity index is 1.90. The average molecular weight is 293 g/mol. The second kappa shape index (κ2) is 6.74. The van der Waals surface area contributed by atoms with Crippen molar-refractivity contribution in [2.24, 2.45) is 18.9 Å². The number of carboxylic acid groups (broad SMARTS) is 1. The molecule has 0 aromatic carbocycles. The molecule has 0 bridgehead atoms. The van der Waals surface area contributed by atoms with Crippen LogP contribution in [0.15, 0.2) is 6.20 Å². The van der Waals surface area contributed by atoms with Crippen molar-refractivity contribution >= 4 is 11.9 Å². The van der Waals surface area contributed by atoms with E-state index in [2.05, 4.69) is 10.4 Å². The molecule has 0 aliphatic heterocycles. The number of aliphatic carboxylic acids is 1. The van der Waals surface area contributed by atoms with Crippen LogP contribution in [-0.2, 0) is 29.6 Å². The third kappa shape index (κ3) is 3.83. The standard InChI is InChI=1S/C15H23N3O3/c1-3-13-12(9-18(2)17-13)8-16-14(19)10-5-4-6-11(7-10)15(20)21/h9-11H,3-8H2,1-2H3,(H,16,19)(H,20,21). The van der Waals surface area contributed by atoms with Crippen LogP contribution in [0, 0.1) is 11.8 Å². The van der Waals surface area contributed by atoms with Crippen LogP contribution in [0.3, 0.4) is 0 Å². The molecule has 1 aliphatic rings. The molecule has 116 valence electrons. The Bertz CT molecular complexity index is 524. The Morgan fingerprint density at radius 2 is 2.14 bits per heavy atom. The minimum absolute atomic E-state index is 0.0353. The quantitative estimate of drug-likeness (QED) is 0.861. The number of carboxylic acids is 1. The van der Waals surface area contributed by atoms with Crippen molar-refractivity contribution in [2.75, 3.05) is 0 Å². The topological polar surface area (TPSA) is 84.2 Å². The highest BCUT2D eigenvalue weighted by atomic mass is 16.4. The lowest BCUT2D eigenvalue weighted by molar-refractivity contribution is -0.144. The third-order valence-corrected chi connectivity index (χ3v) is 4.17. The highest BCUT2D eigenvalue weighted by Crippen LogP contribution is 2.29. The van der Waals surface area contributed by atoms with E-state index in [0.717, 1.165) is 30.5 Å². The van der Waals surface area contributed by atoms with Crippen molar-refractivity contribution in [3.8, 4) is 0 Å². The van der Waals surface area contributed by atoms with Crippen LogP contribution in [0.5, 0.6) is 0 Å². The van der Waals surface area contributed by atoms with Gasteiger partial charge < -0.3 is 10.4 Å². The lowest BCUT2D eigenvalue weighted by Gasteiger charge is -2.25. The Kier molecular flexibility index (Phi) is 4.98. The largest absolute Gasteiger partial charge is 0.481 e. The fourth-order valence-corrected chi connectivity index (χ4v) is 3.01. The van der Waals surface area contributed by atoms with E-state index in [4.69, 9.17) is 5.11 Å². The van der Waals surface area contributed by atoms with Crippen molar-refractivity contribution in [2.45, 2.75) is 45.6 Å². The molecule has 2 rings (SSSR count). The number of carbonyl (C=O) groups excluding carboxylic acids is 1. The summed E-state index contributed by atoms with van der Waals surface area (Å²) in [6, 6.07) is 0. The smallest absolute Gasteiger partial charge is 0.306 e. The number of aromatic nitrogens is 2. The fourth-order valence-electron chi connectivity index (χ4n) is 3.01. The van der Waals surface area contributed by atoms with Crippen LogP contribution in [0.2, 0.25) is 0 Å². The second-order valence-electron chi connectivity index (χ2n) is 5.74. The predicted octanol–water partition coefficient (Wildman–Crippen LogP) is 1.49. The summed E-state index contributed by atoms with van der Waals surface area (Å²) in [5.74, 6) is -1.37. The molecule has 1 heterocycles. The minimum Gasteiger partial charge on any atom is -0.481 e. The Morgan fingerprint density at radius 3 is 2.81 bits per heavy atom. The molecule has 1 aliphatic carbocycles. The van der Waals surface area contributed by atoms with Crippen LogP contribution in [0.25, 0.3) is 0 Å². The maximum atomic E-state index is 12.2. The number of aryl methyl sites for hydroxylation is 2. The van der Waals surface area contributed by atoms with Crippen molar-refractivity contribution in [1.82, 2.24) is 15.1 Å². The van der Waals surface area contributed by atoms with Gasteiger partial charge in [0.25, 0.3) is 0 Å². The summed E-state index contributed by atoms with van der Waals surface area (Å²) in [6.45, 7) is 2.50. The molecule has 0 radical (unpaired) electrons. The summed E-state index contributed by atoms with van der Waals surface area (Å²) in [5.41, 5.74) is 2.02. The molecular weight excluding hydrogens is 270 g/mol. The highest BCUT2D eigenvalue weighted by Gasteiger charge is 2.30. The molecule has 2 unspecified atom stereocenters. The van der Waals surface area contributed by atoms with Gasteiger partial charge in [0.2, 0.25) is 5.91 Å². The van der Waals surface area contributed by atoms with E-state index >= 15 is 0 Å². The van der Waals surface area contributed by atoms with Crippen LogP contribution >= 0.6 is 0 Å². The van der Waals surface area contributed by atoms with Gasteiger partial charge in [-0.3, -0.25) is 14.3 Å². The van der Waals surface area contributed by atoms with E-state index in [1.165, 1.54) is 0 Å². The minimum atomic E-state index is -0.784. The first kappa shape index (κ1) is 15.5. The third-order valence-electron chi connectivity index (χ3n) is 4.17. The van der Waals surface area contributed by atoms with Gasteiger partial charge in [0.05, 0.1) is 11.6 Å². The van der Waals surface area contributed by atoms with Gasteiger partial charge in [-0.25, -0.2) is 0 Å². The maximum absolute atomic E-state index is 12.2. The molecule has 6 heteroatoms. The SMILES string of the molecule is CCc1nn(C)cc1CNC(=O)C1CCCC(C(=O)O)C1. The van der Waals surface area contributed by atoms with Crippen LogP contribution in [0.1, 0.15) is 43.9 Å². The van der Waals surface area contributed by atoms with Crippen LogP contribution < -0.4 is 5.32 Å². The highest BCUT2D eigenvalue weighted by molar-refractivity contribution is 5.80. The molecule has 1 aromatic rings. The Labute approximate surface area is 124 Å². The molecule has 2 atom stereocenters. The monoisotopic (exact) mass is 293 g/mol. The first-order valence-electron chi connectivity index (χ1n) is 7.53. The molecule has 21 heavy (non-hydrogen) atoms. The van der Waals surface area contributed by atoms with Crippen molar-refractivity contribution < 1.29 is 14.7 Å². The maximum Gasteiger partial charge on any atom is 0.306 e. The van der Waals surface area contributed by atoms with E-state index in [-0.39, 0.29) is 17.7 Å². The molecule has 1 aromatic heterocycles. The summed E-state index contributed by atoms with van der Waals surface area (Å²) >= 11 is 0. The first-order valence-corrected chi connectivity index (χ1v) is 7.53. The van der Waals surface area contributed by atoms with Gasteiger partial charge in [-0.1, -0.05) is 13.3 Å². The van der Waals surface area contributed by atoms with Crippen LogP contribution in [-0.4, -0.2) is 26.8 Å². The molecule has 6 nitrogen and oxygen atoms in total. The van der Waals surface area contributed by atoms with Crippen molar-refractivity contribution in [3.05, 3.63) is 17.5 Å². The van der Waals surface area contributed by atoms with E-state index in [9.17, 15) is 9.59 Å². The summed E-state index contributed by atoms with van der Waals surface area (Å²) in [7, 11) is 1.86. The number of amides is 1. The van der Waals surface area contributed by atoms with E-state index in [1.807, 2.05) is 20.2 Å². The van der Waals surface area contributed by atoms with Gasteiger partial charge in [0.15, 0.2) is 0 Å². The average Bonchev–Trinajstić information content (AvgIpc) is 2.85. The molecule has 1 amide bonds. The van der Waals surface area contributed by atoms with Crippen molar-refractivity contribution in [1.29, 1.82) is 0 Å². The number of nitrogens with one attached hydrogen (secondary N) is 1. The Hall–Kier alpha value is -1.85. The molecule has 0 spiro atoms. The van der Waals surface area contributed by atoms with Gasteiger partial charge in [-0.15, -0.1) is 0 Å². The summed E-state index contributed by atoms with van der Waals surface area (Å²) in [6.07, 6.45) is 5.47. The molecule has 2 N–H and O–H groups in total. The van der Waals surface area contributed by atoms with Gasteiger partial charge in [0, 0.05) is 31.3 Å². The number of rotatable bonds is 5. The van der Waals surface area contributed by atoms with Gasteiger partial charge in [-0.2, -0.15) is 5.10 Å². The zero-order chi connectivity index (χ0) is 15.4. The molecule has 1 fully saturated rings. The number of carbonyl (C=O) groups is 2. The molecule has 1 saturated carbocycles. The normalized spacial score (nSPS) is 22.0. The lowest BCUT2D eigenvalue weighted by Crippen LogP contribution is -2.35. The summed E-state index contributed by atoms with van der Waals surface area (Å²) < 4.78 is 1.75. The molecule has 0 saturated heterocycles. The van der Waals surface area contributed by atoms with Gasteiger partial charge in [0.1, 0.15) is 0 Å².